The van der Waals surface area contributed by atoms with Crippen LogP contribution in [-0.2, 0) is 13.0 Å². The Balaban J connectivity index is 1.46. The molecule has 124 valence electrons. The molecule has 0 saturated carbocycles. The van der Waals surface area contributed by atoms with Gasteiger partial charge in [0.15, 0.2) is 0 Å². The maximum Gasteiger partial charge on any atom is 0.317 e. The number of hydrogen-bond donors (Lipinski definition) is 1. The molecule has 24 heavy (non-hydrogen) atoms. The van der Waals surface area contributed by atoms with Gasteiger partial charge in [-0.05, 0) is 30.3 Å². The standard InChI is InChI=1S/C18H20N4O2/c1-21(14-17-8-5-13-24-17)18(23)19-11-9-15-10-12-22(20-15)16-6-3-2-4-7-16/h2-8,10,12-13H,9,11,14H2,1H3,(H,19,23). The van der Waals surface area contributed by atoms with Crippen LogP contribution >= 0.6 is 0 Å². The maximum atomic E-state index is 12.0. The van der Waals surface area contributed by atoms with Crippen molar-refractivity contribution in [2.45, 2.75) is 13.0 Å². The normalized spacial score (nSPS) is 10.5. The molecule has 0 spiro atoms. The van der Waals surface area contributed by atoms with Crippen LogP contribution in [-0.4, -0.2) is 34.3 Å². The maximum absolute atomic E-state index is 12.0. The molecule has 0 radical (unpaired) electrons. The summed E-state index contributed by atoms with van der Waals surface area (Å²) in [5.74, 6) is 0.759. The van der Waals surface area contributed by atoms with Crippen LogP contribution in [0.4, 0.5) is 4.79 Å². The van der Waals surface area contributed by atoms with Crippen molar-refractivity contribution >= 4 is 6.03 Å². The lowest BCUT2D eigenvalue weighted by atomic mass is 10.3. The minimum atomic E-state index is -0.131. The third-order valence-corrected chi connectivity index (χ3v) is 3.64. The van der Waals surface area contributed by atoms with Crippen molar-refractivity contribution in [2.24, 2.45) is 0 Å². The summed E-state index contributed by atoms with van der Waals surface area (Å²) in [6.45, 7) is 0.981. The second-order valence-electron chi connectivity index (χ2n) is 5.50. The van der Waals surface area contributed by atoms with Gasteiger partial charge in [-0.1, -0.05) is 18.2 Å². The second kappa shape index (κ2) is 7.50. The van der Waals surface area contributed by atoms with Crippen molar-refractivity contribution in [3.05, 3.63) is 72.4 Å². The lowest BCUT2D eigenvalue weighted by molar-refractivity contribution is 0.203. The van der Waals surface area contributed by atoms with Gasteiger partial charge in [0, 0.05) is 26.2 Å². The predicted octanol–water partition coefficient (Wildman–Crippen LogP) is 2.85. The largest absolute Gasteiger partial charge is 0.467 e. The van der Waals surface area contributed by atoms with Crippen LogP contribution in [0.3, 0.4) is 0 Å². The fraction of sp³-hybridized carbons (Fsp3) is 0.222. The third kappa shape index (κ3) is 4.04. The zero-order chi connectivity index (χ0) is 16.8. The summed E-state index contributed by atoms with van der Waals surface area (Å²) in [5.41, 5.74) is 1.96. The highest BCUT2D eigenvalue weighted by molar-refractivity contribution is 5.73. The number of para-hydroxylation sites is 1. The van der Waals surface area contributed by atoms with Gasteiger partial charge in [0.05, 0.1) is 24.2 Å². The van der Waals surface area contributed by atoms with Gasteiger partial charge in [0.1, 0.15) is 5.76 Å². The van der Waals surface area contributed by atoms with E-state index in [2.05, 4.69) is 10.4 Å². The van der Waals surface area contributed by atoms with Crippen LogP contribution in [0.5, 0.6) is 0 Å². The molecule has 0 aliphatic carbocycles. The van der Waals surface area contributed by atoms with E-state index in [-0.39, 0.29) is 6.03 Å². The second-order valence-corrected chi connectivity index (χ2v) is 5.50. The van der Waals surface area contributed by atoms with Crippen LogP contribution in [0.25, 0.3) is 5.69 Å². The quantitative estimate of drug-likeness (QED) is 0.758. The SMILES string of the molecule is CN(Cc1ccco1)C(=O)NCCc1ccn(-c2ccccc2)n1. The van der Waals surface area contributed by atoms with E-state index >= 15 is 0 Å². The molecule has 3 rings (SSSR count). The number of rotatable bonds is 6. The fourth-order valence-corrected chi connectivity index (χ4v) is 2.36. The van der Waals surface area contributed by atoms with E-state index in [0.29, 0.717) is 19.5 Å². The summed E-state index contributed by atoms with van der Waals surface area (Å²) < 4.78 is 7.07. The fourth-order valence-electron chi connectivity index (χ4n) is 2.36. The van der Waals surface area contributed by atoms with Crippen molar-refractivity contribution in [3.63, 3.8) is 0 Å². The molecule has 1 N–H and O–H groups in total. The van der Waals surface area contributed by atoms with Gasteiger partial charge in [0.25, 0.3) is 0 Å². The summed E-state index contributed by atoms with van der Waals surface area (Å²) in [7, 11) is 1.74. The molecule has 6 heteroatoms. The summed E-state index contributed by atoms with van der Waals surface area (Å²) in [4.78, 5) is 13.6. The van der Waals surface area contributed by atoms with E-state index in [1.807, 2.05) is 59.4 Å². The molecule has 6 nitrogen and oxygen atoms in total. The minimum absolute atomic E-state index is 0.131. The van der Waals surface area contributed by atoms with Crippen molar-refractivity contribution in [1.29, 1.82) is 0 Å². The molecule has 0 atom stereocenters. The average molecular weight is 324 g/mol. The number of carbonyl (C=O) groups is 1. The number of hydrogen-bond acceptors (Lipinski definition) is 3. The molecule has 2 heterocycles. The summed E-state index contributed by atoms with van der Waals surface area (Å²) in [6, 6.07) is 15.4. The Morgan fingerprint density at radius 2 is 2.04 bits per heavy atom. The van der Waals surface area contributed by atoms with Gasteiger partial charge in [-0.15, -0.1) is 0 Å². The molecule has 2 amide bonds. The first-order valence-electron chi connectivity index (χ1n) is 7.84. The Bertz CT molecular complexity index is 765. The predicted molar refractivity (Wildman–Crippen MR) is 90.8 cm³/mol. The summed E-state index contributed by atoms with van der Waals surface area (Å²) in [5, 5.41) is 7.41. The molecule has 3 aromatic rings. The number of aromatic nitrogens is 2. The van der Waals surface area contributed by atoms with Gasteiger partial charge >= 0.3 is 6.03 Å². The van der Waals surface area contributed by atoms with Crippen molar-refractivity contribution in [2.75, 3.05) is 13.6 Å². The van der Waals surface area contributed by atoms with Crippen molar-refractivity contribution in [1.82, 2.24) is 20.0 Å². The topological polar surface area (TPSA) is 63.3 Å². The van der Waals surface area contributed by atoms with Crippen LogP contribution < -0.4 is 5.32 Å². The lowest BCUT2D eigenvalue weighted by Gasteiger charge is -2.16. The van der Waals surface area contributed by atoms with E-state index in [0.717, 1.165) is 17.1 Å². The Morgan fingerprint density at radius 3 is 2.79 bits per heavy atom. The Hall–Kier alpha value is -3.02. The van der Waals surface area contributed by atoms with Crippen molar-refractivity contribution in [3.8, 4) is 5.69 Å². The van der Waals surface area contributed by atoms with Crippen LogP contribution in [0, 0.1) is 0 Å². The van der Waals surface area contributed by atoms with E-state index in [1.54, 1.807) is 18.2 Å². The van der Waals surface area contributed by atoms with Crippen molar-refractivity contribution < 1.29 is 9.21 Å². The molecule has 1 aromatic carbocycles. The monoisotopic (exact) mass is 324 g/mol. The first-order valence-corrected chi connectivity index (χ1v) is 7.84. The van der Waals surface area contributed by atoms with E-state index in [1.165, 1.54) is 0 Å². The zero-order valence-corrected chi connectivity index (χ0v) is 13.6. The average Bonchev–Trinajstić information content (AvgIpc) is 3.27. The van der Waals surface area contributed by atoms with E-state index < -0.39 is 0 Å². The first kappa shape index (κ1) is 15.9. The number of carbonyl (C=O) groups excluding carboxylic acids is 1. The summed E-state index contributed by atoms with van der Waals surface area (Å²) >= 11 is 0. The van der Waals surface area contributed by atoms with Gasteiger partial charge in [0.2, 0.25) is 0 Å². The molecular formula is C18H20N4O2. The highest BCUT2D eigenvalue weighted by Gasteiger charge is 2.10. The minimum Gasteiger partial charge on any atom is -0.467 e. The van der Waals surface area contributed by atoms with Crippen LogP contribution in [0.2, 0.25) is 0 Å². The Kier molecular flexibility index (Phi) is 4.96. The third-order valence-electron chi connectivity index (χ3n) is 3.64. The molecule has 0 aliphatic rings. The number of nitrogens with one attached hydrogen (secondary N) is 1. The molecule has 2 aromatic heterocycles. The molecule has 0 saturated heterocycles. The summed E-state index contributed by atoms with van der Waals surface area (Å²) in [6.07, 6.45) is 4.21. The van der Waals surface area contributed by atoms with E-state index in [9.17, 15) is 4.79 Å². The van der Waals surface area contributed by atoms with E-state index in [4.69, 9.17) is 4.42 Å². The number of benzene rings is 1. The lowest BCUT2D eigenvalue weighted by Crippen LogP contribution is -2.37. The van der Waals surface area contributed by atoms with Gasteiger partial charge in [-0.3, -0.25) is 0 Å². The first-order chi connectivity index (χ1) is 11.7. The number of furan rings is 1. The number of nitrogens with zero attached hydrogens (tertiary/aromatic N) is 3. The number of amides is 2. The van der Waals surface area contributed by atoms with Crippen LogP contribution in [0.15, 0.2) is 65.4 Å². The molecule has 0 fully saturated rings. The molecule has 0 aliphatic heterocycles. The highest BCUT2D eigenvalue weighted by Crippen LogP contribution is 2.07. The van der Waals surface area contributed by atoms with Gasteiger partial charge in [-0.2, -0.15) is 5.10 Å². The molecule has 0 bridgehead atoms. The number of urea groups is 1. The molecular weight excluding hydrogens is 304 g/mol. The zero-order valence-electron chi connectivity index (χ0n) is 13.6. The molecule has 0 unspecified atom stereocenters. The smallest absolute Gasteiger partial charge is 0.317 e. The van der Waals surface area contributed by atoms with Gasteiger partial charge in [-0.25, -0.2) is 9.48 Å². The Labute approximate surface area is 140 Å². The highest BCUT2D eigenvalue weighted by atomic mass is 16.3. The Morgan fingerprint density at radius 1 is 1.21 bits per heavy atom. The van der Waals surface area contributed by atoms with Gasteiger partial charge < -0.3 is 14.6 Å². The van der Waals surface area contributed by atoms with Crippen LogP contribution in [0.1, 0.15) is 11.5 Å².